The lowest BCUT2D eigenvalue weighted by molar-refractivity contribution is -0.137. The Morgan fingerprint density at radius 1 is 1.09 bits per heavy atom. The largest absolute Gasteiger partial charge is 0.416 e. The summed E-state index contributed by atoms with van der Waals surface area (Å²) in [6.45, 7) is 0. The zero-order valence-corrected chi connectivity index (χ0v) is 12.7. The van der Waals surface area contributed by atoms with Crippen LogP contribution >= 0.6 is 11.8 Å². The van der Waals surface area contributed by atoms with Crippen LogP contribution in [0.5, 0.6) is 0 Å². The van der Waals surface area contributed by atoms with Crippen LogP contribution in [0.25, 0.3) is 0 Å². The number of carbonyl (C=O) groups is 1. The van der Waals surface area contributed by atoms with Crippen molar-refractivity contribution >= 4 is 23.4 Å². The lowest BCUT2D eigenvalue weighted by Crippen LogP contribution is -2.15. The summed E-state index contributed by atoms with van der Waals surface area (Å²) in [4.78, 5) is 11.7. The molecule has 0 unspecified atom stereocenters. The number of hydrogen-bond donors (Lipinski definition) is 1. The van der Waals surface area contributed by atoms with Crippen molar-refractivity contribution in [1.82, 2.24) is 0 Å². The quantitative estimate of drug-likeness (QED) is 0.796. The van der Waals surface area contributed by atoms with Gasteiger partial charge in [0.15, 0.2) is 0 Å². The van der Waals surface area contributed by atoms with Gasteiger partial charge in [0.25, 0.3) is 0 Å². The Hall–Kier alpha value is -2.02. The van der Waals surface area contributed by atoms with E-state index in [0.717, 1.165) is 17.7 Å². The maximum atomic E-state index is 12.7. The zero-order valence-electron chi connectivity index (χ0n) is 11.9. The van der Waals surface area contributed by atoms with Gasteiger partial charge in [0.1, 0.15) is 5.82 Å². The summed E-state index contributed by atoms with van der Waals surface area (Å²) < 4.78 is 50.5. The molecule has 0 bridgehead atoms. The molecule has 0 atom stereocenters. The van der Waals surface area contributed by atoms with Gasteiger partial charge < -0.3 is 5.32 Å². The molecule has 1 N–H and O–H groups in total. The second-order valence-electron chi connectivity index (χ2n) is 4.75. The lowest BCUT2D eigenvalue weighted by atomic mass is 10.2. The highest BCUT2D eigenvalue weighted by Gasteiger charge is 2.30. The first-order chi connectivity index (χ1) is 10.8. The van der Waals surface area contributed by atoms with Crippen LogP contribution in [-0.2, 0) is 16.7 Å². The number of benzene rings is 2. The van der Waals surface area contributed by atoms with Crippen molar-refractivity contribution in [2.45, 2.75) is 11.9 Å². The molecule has 0 aromatic heterocycles. The third kappa shape index (κ3) is 5.59. The van der Waals surface area contributed by atoms with Crippen LogP contribution in [0.2, 0.25) is 0 Å². The molecule has 0 aliphatic carbocycles. The summed E-state index contributed by atoms with van der Waals surface area (Å²) in [6, 6.07) is 10.4. The van der Waals surface area contributed by atoms with E-state index in [0.29, 0.717) is 5.75 Å². The number of hydrogen-bond acceptors (Lipinski definition) is 2. The Morgan fingerprint density at radius 2 is 1.78 bits per heavy atom. The second kappa shape index (κ2) is 7.50. The normalized spacial score (nSPS) is 11.3. The summed E-state index contributed by atoms with van der Waals surface area (Å²) in [6.07, 6.45) is -4.45. The van der Waals surface area contributed by atoms with Gasteiger partial charge in [-0.3, -0.25) is 4.79 Å². The number of carbonyl (C=O) groups excluding carboxylic acids is 1. The Morgan fingerprint density at radius 3 is 2.43 bits per heavy atom. The van der Waals surface area contributed by atoms with Crippen molar-refractivity contribution in [1.29, 1.82) is 0 Å². The highest BCUT2D eigenvalue weighted by molar-refractivity contribution is 7.99. The summed E-state index contributed by atoms with van der Waals surface area (Å²) in [5, 5.41) is 2.43. The van der Waals surface area contributed by atoms with Gasteiger partial charge in [-0.05, 0) is 35.9 Å². The molecule has 2 nitrogen and oxygen atoms in total. The first kappa shape index (κ1) is 17.3. The van der Waals surface area contributed by atoms with Crippen molar-refractivity contribution in [3.63, 3.8) is 0 Å². The Kier molecular flexibility index (Phi) is 5.65. The van der Waals surface area contributed by atoms with E-state index in [1.165, 1.54) is 36.0 Å². The highest BCUT2D eigenvalue weighted by atomic mass is 32.2. The summed E-state index contributed by atoms with van der Waals surface area (Å²) in [5.74, 6) is -0.123. The fourth-order valence-electron chi connectivity index (χ4n) is 1.81. The molecule has 0 heterocycles. The van der Waals surface area contributed by atoms with E-state index in [-0.39, 0.29) is 17.3 Å². The van der Waals surface area contributed by atoms with E-state index < -0.39 is 17.6 Å². The Balaban J connectivity index is 1.84. The number of alkyl halides is 3. The molecule has 0 saturated heterocycles. The molecule has 0 radical (unpaired) electrons. The van der Waals surface area contributed by atoms with Crippen molar-refractivity contribution in [3.05, 3.63) is 65.5 Å². The van der Waals surface area contributed by atoms with Crippen LogP contribution in [0, 0.1) is 5.82 Å². The molecule has 1 amide bonds. The average molecular weight is 343 g/mol. The average Bonchev–Trinajstić information content (AvgIpc) is 2.49. The van der Waals surface area contributed by atoms with Gasteiger partial charge in [0.05, 0.1) is 11.3 Å². The standard InChI is InChI=1S/C16H13F4NOS/c17-13-6-4-11(5-7-13)9-23-10-15(22)21-14-3-1-2-12(8-14)16(18,19)20/h1-8H,9-10H2,(H,21,22). The maximum absolute atomic E-state index is 12.7. The van der Waals surface area contributed by atoms with Crippen molar-refractivity contribution in [2.75, 3.05) is 11.1 Å². The van der Waals surface area contributed by atoms with Crippen LogP contribution in [0.3, 0.4) is 0 Å². The molecule has 2 aromatic carbocycles. The number of halogens is 4. The summed E-state index contributed by atoms with van der Waals surface area (Å²) in [5.41, 5.74) is 0.157. The maximum Gasteiger partial charge on any atom is 0.416 e. The van der Waals surface area contributed by atoms with Crippen molar-refractivity contribution in [3.8, 4) is 0 Å². The summed E-state index contributed by atoms with van der Waals surface area (Å²) >= 11 is 1.29. The van der Waals surface area contributed by atoms with Crippen molar-refractivity contribution in [2.24, 2.45) is 0 Å². The molecule has 0 aliphatic rings. The van der Waals surface area contributed by atoms with E-state index in [2.05, 4.69) is 5.32 Å². The number of nitrogens with one attached hydrogen (secondary N) is 1. The minimum Gasteiger partial charge on any atom is -0.325 e. The van der Waals surface area contributed by atoms with Crippen LogP contribution in [0.4, 0.5) is 23.2 Å². The van der Waals surface area contributed by atoms with Crippen LogP contribution in [0.15, 0.2) is 48.5 Å². The topological polar surface area (TPSA) is 29.1 Å². The molecular formula is C16H13F4NOS. The molecule has 2 aromatic rings. The minimum absolute atomic E-state index is 0.0909. The zero-order chi connectivity index (χ0) is 16.9. The van der Waals surface area contributed by atoms with E-state index >= 15 is 0 Å². The fraction of sp³-hybridized carbons (Fsp3) is 0.188. The molecule has 0 spiro atoms. The van der Waals surface area contributed by atoms with E-state index in [1.54, 1.807) is 12.1 Å². The lowest BCUT2D eigenvalue weighted by Gasteiger charge is -2.09. The molecule has 0 fully saturated rings. The Bertz CT molecular complexity index is 671. The van der Waals surface area contributed by atoms with Gasteiger partial charge >= 0.3 is 6.18 Å². The molecule has 7 heteroatoms. The SMILES string of the molecule is O=C(CSCc1ccc(F)cc1)Nc1cccc(C(F)(F)F)c1. The monoisotopic (exact) mass is 343 g/mol. The van der Waals surface area contributed by atoms with Gasteiger partial charge in [-0.25, -0.2) is 4.39 Å². The number of rotatable bonds is 5. The van der Waals surface area contributed by atoms with Gasteiger partial charge in [0.2, 0.25) is 5.91 Å². The predicted molar refractivity (Wildman–Crippen MR) is 82.6 cm³/mol. The summed E-state index contributed by atoms with van der Waals surface area (Å²) in [7, 11) is 0. The number of amides is 1. The Labute approximate surface area is 134 Å². The van der Waals surface area contributed by atoms with Gasteiger partial charge in [-0.2, -0.15) is 13.2 Å². The minimum atomic E-state index is -4.45. The highest BCUT2D eigenvalue weighted by Crippen LogP contribution is 2.30. The first-order valence-electron chi connectivity index (χ1n) is 6.64. The molecule has 122 valence electrons. The van der Waals surface area contributed by atoms with Crippen LogP contribution in [0.1, 0.15) is 11.1 Å². The van der Waals surface area contributed by atoms with Crippen LogP contribution < -0.4 is 5.32 Å². The fourth-order valence-corrected chi connectivity index (χ4v) is 2.60. The van der Waals surface area contributed by atoms with Crippen molar-refractivity contribution < 1.29 is 22.4 Å². The van der Waals surface area contributed by atoms with E-state index in [1.807, 2.05) is 0 Å². The van der Waals surface area contributed by atoms with Gasteiger partial charge in [-0.15, -0.1) is 11.8 Å². The molecule has 0 saturated carbocycles. The third-order valence-electron chi connectivity index (χ3n) is 2.89. The molecular weight excluding hydrogens is 330 g/mol. The smallest absolute Gasteiger partial charge is 0.325 e. The molecule has 23 heavy (non-hydrogen) atoms. The van der Waals surface area contributed by atoms with Gasteiger partial charge in [-0.1, -0.05) is 18.2 Å². The van der Waals surface area contributed by atoms with E-state index in [4.69, 9.17) is 0 Å². The van der Waals surface area contributed by atoms with Crippen LogP contribution in [-0.4, -0.2) is 11.7 Å². The van der Waals surface area contributed by atoms with Gasteiger partial charge in [0, 0.05) is 11.4 Å². The third-order valence-corrected chi connectivity index (χ3v) is 3.89. The molecule has 2 rings (SSSR count). The van der Waals surface area contributed by atoms with E-state index in [9.17, 15) is 22.4 Å². The number of anilines is 1. The first-order valence-corrected chi connectivity index (χ1v) is 7.79. The second-order valence-corrected chi connectivity index (χ2v) is 5.73. The predicted octanol–water partition coefficient (Wildman–Crippen LogP) is 4.72. The molecule has 0 aliphatic heterocycles. The number of thioether (sulfide) groups is 1.